The Hall–Kier alpha value is 2.36. The zero-order valence-electron chi connectivity index (χ0n) is 1.84. The summed E-state index contributed by atoms with van der Waals surface area (Å²) in [6, 6.07) is 0. The van der Waals surface area contributed by atoms with E-state index in [1.807, 2.05) is 0 Å². The summed E-state index contributed by atoms with van der Waals surface area (Å²) < 4.78 is 0. The number of halogens is 2. The molecule has 0 rings (SSSR count). The van der Waals surface area contributed by atoms with Crippen LogP contribution in [0, 0.1) is 0 Å². The van der Waals surface area contributed by atoms with Crippen LogP contribution in [0.2, 0.25) is 0 Å². The van der Waals surface area contributed by atoms with Crippen molar-refractivity contribution in [1.82, 2.24) is 0 Å². The largest absolute Gasteiger partial charge is 2.00 e. The van der Waals surface area contributed by atoms with Crippen LogP contribution in [-0.2, 0) is 17.1 Å². The van der Waals surface area contributed by atoms with Gasteiger partial charge in [0.25, 0.3) is 0 Å². The molecular weight excluding hydrogens is 166 g/mol. The molecule has 0 amide bonds. The van der Waals surface area contributed by atoms with Gasteiger partial charge >= 0.3 is 37.7 Å². The molecule has 0 N–H and O–H groups in total. The summed E-state index contributed by atoms with van der Waals surface area (Å²) in [5.74, 6) is 0. The second-order valence-corrected chi connectivity index (χ2v) is 0. The normalized spacial score (nSPS) is 0. The first-order chi connectivity index (χ1) is 0. The predicted octanol–water partition coefficient (Wildman–Crippen LogP) is -6.38. The van der Waals surface area contributed by atoms with E-state index in [1.54, 1.807) is 0 Å². The van der Waals surface area contributed by atoms with Gasteiger partial charge in [-0.1, -0.05) is 0 Å². The van der Waals surface area contributed by atoms with Crippen LogP contribution in [0.5, 0.6) is 0 Å². The molecule has 0 aromatic heterocycles. The molecule has 4 heteroatoms. The van der Waals surface area contributed by atoms with Crippen LogP contribution in [0.3, 0.4) is 0 Å². The van der Waals surface area contributed by atoms with E-state index in [4.69, 9.17) is 0 Å². The fraction of sp³-hybridized carbons (Fsp3) is 0. The first-order valence-corrected chi connectivity index (χ1v) is 0. The minimum absolute atomic E-state index is 0. The quantitative estimate of drug-likeness (QED) is 0.314. The van der Waals surface area contributed by atoms with Crippen molar-refractivity contribution in [1.29, 1.82) is 0 Å². The van der Waals surface area contributed by atoms with Crippen LogP contribution in [0.15, 0.2) is 0 Å². The molecule has 23 valence electrons. The van der Waals surface area contributed by atoms with E-state index in [-0.39, 0.29) is 79.6 Å². The molecule has 0 heterocycles. The first kappa shape index (κ1) is 32.8. The van der Waals surface area contributed by atoms with E-state index in [0.717, 1.165) is 0 Å². The molecule has 0 unspecified atom stereocenters. The molecule has 0 aliphatic carbocycles. The molecule has 0 aliphatic heterocycles. The van der Waals surface area contributed by atoms with Gasteiger partial charge in [0.2, 0.25) is 0 Å². The second-order valence-electron chi connectivity index (χ2n) is 0. The molecule has 0 aromatic carbocycles. The summed E-state index contributed by atoms with van der Waals surface area (Å²) in [5.41, 5.74) is 0. The van der Waals surface area contributed by atoms with Crippen LogP contribution in [0.1, 0.15) is 0 Å². The maximum atomic E-state index is 0. The van der Waals surface area contributed by atoms with Crippen molar-refractivity contribution in [3.05, 3.63) is 0 Å². The van der Waals surface area contributed by atoms with E-state index < -0.39 is 0 Å². The van der Waals surface area contributed by atoms with Crippen LogP contribution >= 0.6 is 0 Å². The smallest absolute Gasteiger partial charge is 1.00 e. The van der Waals surface area contributed by atoms with E-state index in [2.05, 4.69) is 0 Å². The number of rotatable bonds is 0. The topological polar surface area (TPSA) is 0 Å². The Balaban J connectivity index is 0. The average Bonchev–Trinajstić information content (AvgIpc) is 0. The van der Waals surface area contributed by atoms with Gasteiger partial charge in [-0.2, -0.15) is 0 Å². The molecule has 0 nitrogen and oxygen atoms in total. The maximum absolute atomic E-state index is 0. The molecule has 0 atom stereocenters. The van der Waals surface area contributed by atoms with Crippen molar-refractivity contribution < 1.29 is 41.9 Å². The number of hydrogen-bond acceptors (Lipinski definition) is 0. The Morgan fingerprint density at radius 2 is 0.750 bits per heavy atom. The van der Waals surface area contributed by atoms with Gasteiger partial charge in [-0.15, -0.1) is 0 Å². The van der Waals surface area contributed by atoms with Gasteiger partial charge in [-0.3, -0.25) is 0 Å². The van der Waals surface area contributed by atoms with Crippen molar-refractivity contribution in [2.45, 2.75) is 0 Å². The molecular formula is CaCl2Mn. The Kier molecular flexibility index (Phi) is 150. The van der Waals surface area contributed by atoms with Crippen molar-refractivity contribution in [3.63, 3.8) is 0 Å². The van der Waals surface area contributed by atoms with Crippen LogP contribution < -0.4 is 24.8 Å². The van der Waals surface area contributed by atoms with E-state index in [9.17, 15) is 0 Å². The third kappa shape index (κ3) is 8.84. The molecule has 1 radical (unpaired) electrons. The Labute approximate surface area is 78.4 Å². The van der Waals surface area contributed by atoms with Crippen molar-refractivity contribution in [3.8, 4) is 0 Å². The van der Waals surface area contributed by atoms with Crippen LogP contribution in [-0.4, -0.2) is 37.7 Å². The van der Waals surface area contributed by atoms with Gasteiger partial charge in [-0.25, -0.2) is 0 Å². The Morgan fingerprint density at radius 3 is 0.750 bits per heavy atom. The van der Waals surface area contributed by atoms with E-state index >= 15 is 0 Å². The Morgan fingerprint density at radius 1 is 0.750 bits per heavy atom. The molecule has 0 spiro atoms. The molecule has 0 fully saturated rings. The number of hydrogen-bond donors (Lipinski definition) is 0. The summed E-state index contributed by atoms with van der Waals surface area (Å²) in [5, 5.41) is 0. The summed E-state index contributed by atoms with van der Waals surface area (Å²) in [7, 11) is 0. The van der Waals surface area contributed by atoms with Crippen molar-refractivity contribution in [2.75, 3.05) is 0 Å². The van der Waals surface area contributed by atoms with Crippen molar-refractivity contribution >= 4 is 37.7 Å². The fourth-order valence-corrected chi connectivity index (χ4v) is 0. The average molecular weight is 166 g/mol. The Bertz CT molecular complexity index is 6.00. The zero-order valence-corrected chi connectivity index (χ0v) is 6.74. The monoisotopic (exact) mass is 165 g/mol. The zero-order chi connectivity index (χ0) is 0. The summed E-state index contributed by atoms with van der Waals surface area (Å²) in [6.07, 6.45) is 0. The van der Waals surface area contributed by atoms with Crippen LogP contribution in [0.25, 0.3) is 0 Å². The first-order valence-electron chi connectivity index (χ1n) is 0. The fourth-order valence-electron chi connectivity index (χ4n) is 0. The summed E-state index contributed by atoms with van der Waals surface area (Å²) >= 11 is 0. The van der Waals surface area contributed by atoms with Gasteiger partial charge in [0.1, 0.15) is 0 Å². The molecule has 0 saturated heterocycles. The molecule has 0 bridgehead atoms. The minimum atomic E-state index is 0. The van der Waals surface area contributed by atoms with Gasteiger partial charge in [-0.05, 0) is 0 Å². The molecule has 4 heavy (non-hydrogen) atoms. The van der Waals surface area contributed by atoms with Gasteiger partial charge in [0.15, 0.2) is 0 Å². The third-order valence-corrected chi connectivity index (χ3v) is 0. The SMILES string of the molecule is [Ca+2].[Cl-].[Cl-].[Mn]. The predicted molar refractivity (Wildman–Crippen MR) is 5.75 cm³/mol. The van der Waals surface area contributed by atoms with Gasteiger partial charge < -0.3 is 24.8 Å². The molecule has 0 aliphatic rings. The van der Waals surface area contributed by atoms with Gasteiger partial charge in [0.05, 0.1) is 0 Å². The van der Waals surface area contributed by atoms with E-state index in [1.165, 1.54) is 0 Å². The standard InChI is InChI=1S/Ca.2ClH.Mn/h;2*1H;/q+2;;;/p-2. The van der Waals surface area contributed by atoms with Crippen LogP contribution in [0.4, 0.5) is 0 Å². The minimum Gasteiger partial charge on any atom is -1.00 e. The summed E-state index contributed by atoms with van der Waals surface area (Å²) in [6.45, 7) is 0. The van der Waals surface area contributed by atoms with E-state index in [0.29, 0.717) is 0 Å². The van der Waals surface area contributed by atoms with Crippen molar-refractivity contribution in [2.24, 2.45) is 0 Å². The maximum Gasteiger partial charge on any atom is 2.00 e. The summed E-state index contributed by atoms with van der Waals surface area (Å²) in [4.78, 5) is 0. The third-order valence-electron chi connectivity index (χ3n) is 0. The molecule has 0 saturated carbocycles. The van der Waals surface area contributed by atoms with Gasteiger partial charge in [0, 0.05) is 17.1 Å². The second kappa shape index (κ2) is 18.3. The molecule has 0 aromatic rings.